The van der Waals surface area contributed by atoms with Crippen LogP contribution in [0.4, 0.5) is 13.2 Å². The molecule has 0 saturated heterocycles. The van der Waals surface area contributed by atoms with Gasteiger partial charge in [0.2, 0.25) is 0 Å². The van der Waals surface area contributed by atoms with Gasteiger partial charge in [0.1, 0.15) is 5.82 Å². The van der Waals surface area contributed by atoms with Crippen LogP contribution in [0.1, 0.15) is 12.5 Å². The van der Waals surface area contributed by atoms with Gasteiger partial charge in [0, 0.05) is 6.92 Å². The quantitative estimate of drug-likeness (QED) is 0.700. The summed E-state index contributed by atoms with van der Waals surface area (Å²) in [6.07, 6.45) is 0. The molecule has 0 aliphatic rings. The zero-order valence-corrected chi connectivity index (χ0v) is 7.83. The van der Waals surface area contributed by atoms with Crippen molar-refractivity contribution in [1.29, 1.82) is 0 Å². The lowest BCUT2D eigenvalue weighted by Crippen LogP contribution is -2.09. The third-order valence-corrected chi connectivity index (χ3v) is 2.04. The minimum atomic E-state index is -3.13. The van der Waals surface area contributed by atoms with Gasteiger partial charge in [0.15, 0.2) is 0 Å². The Morgan fingerprint density at radius 2 is 1.92 bits per heavy atom. The van der Waals surface area contributed by atoms with Crippen molar-refractivity contribution in [3.8, 4) is 0 Å². The fourth-order valence-corrected chi connectivity index (χ4v) is 1.21. The standard InChI is InChI=1S/C8H6BrF3/c1-8(11,12)5-3-2-4-6(9)7(5)10/h2-4H,1H3. The lowest BCUT2D eigenvalue weighted by molar-refractivity contribution is 0.0136. The molecule has 0 aliphatic carbocycles. The first-order valence-electron chi connectivity index (χ1n) is 3.25. The number of rotatable bonds is 1. The molecule has 0 aromatic heterocycles. The monoisotopic (exact) mass is 238 g/mol. The number of hydrogen-bond donors (Lipinski definition) is 0. The molecule has 0 bridgehead atoms. The molecule has 0 spiro atoms. The van der Waals surface area contributed by atoms with Crippen LogP contribution in [0.3, 0.4) is 0 Å². The summed E-state index contributed by atoms with van der Waals surface area (Å²) in [6, 6.07) is 3.82. The lowest BCUT2D eigenvalue weighted by Gasteiger charge is -2.11. The predicted octanol–water partition coefficient (Wildman–Crippen LogP) is 3.70. The van der Waals surface area contributed by atoms with Crippen molar-refractivity contribution in [2.75, 3.05) is 0 Å². The third-order valence-electron chi connectivity index (χ3n) is 1.42. The highest BCUT2D eigenvalue weighted by Gasteiger charge is 2.28. The maximum atomic E-state index is 13.0. The van der Waals surface area contributed by atoms with Crippen molar-refractivity contribution in [3.63, 3.8) is 0 Å². The summed E-state index contributed by atoms with van der Waals surface area (Å²) in [7, 11) is 0. The molecule has 1 rings (SSSR count). The molecule has 4 heteroatoms. The third kappa shape index (κ3) is 1.80. The van der Waals surface area contributed by atoms with Gasteiger partial charge in [-0.05, 0) is 22.0 Å². The average Bonchev–Trinajstić information content (AvgIpc) is 1.92. The molecule has 0 heterocycles. The topological polar surface area (TPSA) is 0 Å². The molecule has 0 fully saturated rings. The molecule has 1 aromatic rings. The first kappa shape index (κ1) is 9.58. The van der Waals surface area contributed by atoms with Crippen molar-refractivity contribution in [3.05, 3.63) is 34.1 Å². The number of alkyl halides is 2. The fraction of sp³-hybridized carbons (Fsp3) is 0.250. The van der Waals surface area contributed by atoms with E-state index in [4.69, 9.17) is 0 Å². The van der Waals surface area contributed by atoms with E-state index in [1.165, 1.54) is 12.1 Å². The van der Waals surface area contributed by atoms with E-state index in [0.717, 1.165) is 6.07 Å². The highest BCUT2D eigenvalue weighted by atomic mass is 79.9. The fourth-order valence-electron chi connectivity index (χ4n) is 0.843. The minimum absolute atomic E-state index is 0.0570. The number of halogens is 4. The molecule has 0 atom stereocenters. The summed E-state index contributed by atoms with van der Waals surface area (Å²) < 4.78 is 38.3. The molecule has 0 saturated carbocycles. The molecule has 0 radical (unpaired) electrons. The molecule has 66 valence electrons. The van der Waals surface area contributed by atoms with Gasteiger partial charge in [-0.3, -0.25) is 0 Å². The molecule has 0 aliphatic heterocycles. The minimum Gasteiger partial charge on any atom is -0.205 e. The smallest absolute Gasteiger partial charge is 0.205 e. The normalized spacial score (nSPS) is 11.8. The Hall–Kier alpha value is -0.510. The molecule has 12 heavy (non-hydrogen) atoms. The zero-order valence-electron chi connectivity index (χ0n) is 6.24. The predicted molar refractivity (Wildman–Crippen MR) is 43.7 cm³/mol. The van der Waals surface area contributed by atoms with Gasteiger partial charge < -0.3 is 0 Å². The second kappa shape index (κ2) is 3.09. The van der Waals surface area contributed by atoms with E-state index in [1.807, 2.05) is 0 Å². The summed E-state index contributed by atoms with van der Waals surface area (Å²) in [5, 5.41) is 0. The summed E-state index contributed by atoms with van der Waals surface area (Å²) in [5.41, 5.74) is -0.586. The summed E-state index contributed by atoms with van der Waals surface area (Å²) in [5.74, 6) is -4.03. The van der Waals surface area contributed by atoms with E-state index < -0.39 is 17.3 Å². The van der Waals surface area contributed by atoms with Gasteiger partial charge in [-0.2, -0.15) is 0 Å². The Morgan fingerprint density at radius 3 is 2.33 bits per heavy atom. The Bertz CT molecular complexity index is 291. The summed E-state index contributed by atoms with van der Waals surface area (Å²) >= 11 is 2.83. The van der Waals surface area contributed by atoms with Crippen LogP contribution in [0, 0.1) is 5.82 Å². The van der Waals surface area contributed by atoms with Crippen molar-refractivity contribution in [1.82, 2.24) is 0 Å². The first-order chi connectivity index (χ1) is 5.43. The molecule has 0 amide bonds. The maximum absolute atomic E-state index is 13.0. The molecule has 0 N–H and O–H groups in total. The van der Waals surface area contributed by atoms with E-state index in [9.17, 15) is 13.2 Å². The van der Waals surface area contributed by atoms with Crippen molar-refractivity contribution in [2.45, 2.75) is 12.8 Å². The van der Waals surface area contributed by atoms with E-state index in [1.54, 1.807) is 0 Å². The van der Waals surface area contributed by atoms with Crippen molar-refractivity contribution in [2.24, 2.45) is 0 Å². The SMILES string of the molecule is CC(F)(F)c1cccc(Br)c1F. The largest absolute Gasteiger partial charge is 0.273 e. The Morgan fingerprint density at radius 1 is 1.33 bits per heavy atom. The van der Waals surface area contributed by atoms with Crippen LogP contribution in [0.25, 0.3) is 0 Å². The van der Waals surface area contributed by atoms with Crippen LogP contribution in [0.2, 0.25) is 0 Å². The van der Waals surface area contributed by atoms with Crippen LogP contribution in [-0.2, 0) is 5.92 Å². The van der Waals surface area contributed by atoms with Crippen LogP contribution >= 0.6 is 15.9 Å². The Balaban J connectivity index is 3.26. The highest BCUT2D eigenvalue weighted by molar-refractivity contribution is 9.10. The molecule has 1 aromatic carbocycles. The van der Waals surface area contributed by atoms with Crippen LogP contribution in [0.5, 0.6) is 0 Å². The molecular weight excluding hydrogens is 233 g/mol. The first-order valence-corrected chi connectivity index (χ1v) is 4.04. The van der Waals surface area contributed by atoms with Gasteiger partial charge in [-0.25, -0.2) is 13.2 Å². The molecule has 0 nitrogen and oxygen atoms in total. The highest BCUT2D eigenvalue weighted by Crippen LogP contribution is 2.31. The van der Waals surface area contributed by atoms with Gasteiger partial charge in [-0.1, -0.05) is 12.1 Å². The van der Waals surface area contributed by atoms with E-state index in [0.29, 0.717) is 6.92 Å². The zero-order chi connectivity index (χ0) is 9.35. The maximum Gasteiger partial charge on any atom is 0.273 e. The van der Waals surface area contributed by atoms with Crippen molar-refractivity contribution < 1.29 is 13.2 Å². The van der Waals surface area contributed by atoms with E-state index >= 15 is 0 Å². The Labute approximate surface area is 76.5 Å². The summed E-state index contributed by atoms with van der Waals surface area (Å²) in [6.45, 7) is 0.665. The molecule has 0 unspecified atom stereocenters. The number of benzene rings is 1. The van der Waals surface area contributed by atoms with Crippen LogP contribution < -0.4 is 0 Å². The van der Waals surface area contributed by atoms with Gasteiger partial charge in [0.25, 0.3) is 5.92 Å². The second-order valence-electron chi connectivity index (χ2n) is 2.49. The van der Waals surface area contributed by atoms with E-state index in [-0.39, 0.29) is 4.47 Å². The lowest BCUT2D eigenvalue weighted by atomic mass is 10.1. The Kier molecular flexibility index (Phi) is 2.46. The number of hydrogen-bond acceptors (Lipinski definition) is 0. The van der Waals surface area contributed by atoms with Crippen LogP contribution in [0.15, 0.2) is 22.7 Å². The van der Waals surface area contributed by atoms with Gasteiger partial charge >= 0.3 is 0 Å². The van der Waals surface area contributed by atoms with Gasteiger partial charge in [0.05, 0.1) is 10.0 Å². The van der Waals surface area contributed by atoms with Crippen molar-refractivity contribution >= 4 is 15.9 Å². The van der Waals surface area contributed by atoms with Gasteiger partial charge in [-0.15, -0.1) is 0 Å². The average molecular weight is 239 g/mol. The molecular formula is C8H6BrF3. The second-order valence-corrected chi connectivity index (χ2v) is 3.34. The summed E-state index contributed by atoms with van der Waals surface area (Å²) in [4.78, 5) is 0. The van der Waals surface area contributed by atoms with Crippen LogP contribution in [-0.4, -0.2) is 0 Å². The van der Waals surface area contributed by atoms with E-state index in [2.05, 4.69) is 15.9 Å².